The number of esters is 1. The fraction of sp³-hybridized carbons (Fsp3) is 0.769. The Morgan fingerprint density at radius 1 is 1.47 bits per heavy atom. The lowest BCUT2D eigenvalue weighted by Crippen LogP contribution is -2.64. The maximum absolute atomic E-state index is 10.9. The smallest absolute Gasteiger partial charge is 0.302 e. The summed E-state index contributed by atoms with van der Waals surface area (Å²) in [5.74, 6) is -1.11. The Labute approximate surface area is 112 Å². The van der Waals surface area contributed by atoms with E-state index in [2.05, 4.69) is 11.9 Å². The molecule has 2 aliphatic rings. The molecule has 19 heavy (non-hydrogen) atoms. The van der Waals surface area contributed by atoms with E-state index in [4.69, 9.17) is 14.2 Å². The number of aliphatic hydroxyl groups is 1. The van der Waals surface area contributed by atoms with Crippen LogP contribution in [0.15, 0.2) is 12.7 Å². The summed E-state index contributed by atoms with van der Waals surface area (Å²) >= 11 is 0. The number of carbonyl (C=O) groups is 1. The van der Waals surface area contributed by atoms with Crippen LogP contribution in [0.1, 0.15) is 20.8 Å². The van der Waals surface area contributed by atoms with Gasteiger partial charge in [-0.2, -0.15) is 0 Å². The van der Waals surface area contributed by atoms with Crippen LogP contribution in [0, 0.1) is 0 Å². The number of carbonyl (C=O) groups excluding carboxylic acids is 1. The molecule has 0 saturated carbocycles. The molecule has 0 aromatic carbocycles. The number of hydrogen-bond donors (Lipinski definition) is 2. The molecule has 108 valence electrons. The third-order valence-corrected chi connectivity index (χ3v) is 3.39. The van der Waals surface area contributed by atoms with E-state index >= 15 is 0 Å². The van der Waals surface area contributed by atoms with Crippen molar-refractivity contribution in [3.05, 3.63) is 12.7 Å². The topological polar surface area (TPSA) is 77.0 Å². The Bertz CT molecular complexity index is 370. The zero-order valence-corrected chi connectivity index (χ0v) is 11.5. The van der Waals surface area contributed by atoms with Crippen molar-refractivity contribution < 1.29 is 24.1 Å². The van der Waals surface area contributed by atoms with Crippen molar-refractivity contribution in [3.63, 3.8) is 0 Å². The van der Waals surface area contributed by atoms with Crippen molar-refractivity contribution in [2.75, 3.05) is 6.61 Å². The van der Waals surface area contributed by atoms with Gasteiger partial charge in [-0.05, 0) is 13.8 Å². The van der Waals surface area contributed by atoms with Crippen LogP contribution < -0.4 is 5.32 Å². The minimum Gasteiger partial charge on any atom is -0.464 e. The second-order valence-electron chi connectivity index (χ2n) is 5.39. The molecule has 0 radical (unpaired) electrons. The monoisotopic (exact) mass is 271 g/mol. The first-order valence-corrected chi connectivity index (χ1v) is 6.40. The number of nitrogens with one attached hydrogen (secondary N) is 1. The number of hydrogen-bond acceptors (Lipinski definition) is 6. The molecule has 6 heteroatoms. The van der Waals surface area contributed by atoms with Gasteiger partial charge < -0.3 is 19.3 Å². The molecular formula is C13H21NO5. The van der Waals surface area contributed by atoms with Crippen LogP contribution in [0.3, 0.4) is 0 Å². The van der Waals surface area contributed by atoms with E-state index in [0.717, 1.165) is 0 Å². The summed E-state index contributed by atoms with van der Waals surface area (Å²) in [5, 5.41) is 13.4. The van der Waals surface area contributed by atoms with Crippen LogP contribution in [0.2, 0.25) is 0 Å². The summed E-state index contributed by atoms with van der Waals surface area (Å²) in [6, 6.07) is -0.554. The SMILES string of the molecule is C=C[C@@H]1N[C@H](COC(C)=O)[C@H]2OC(C)(C)O[C@@H]2[C@@H]1O. The molecule has 2 heterocycles. The van der Waals surface area contributed by atoms with Crippen LogP contribution in [0.4, 0.5) is 0 Å². The third kappa shape index (κ3) is 2.97. The van der Waals surface area contributed by atoms with Gasteiger partial charge in [0.25, 0.3) is 0 Å². The first-order valence-electron chi connectivity index (χ1n) is 6.40. The second kappa shape index (κ2) is 5.20. The molecule has 6 nitrogen and oxygen atoms in total. The number of ether oxygens (including phenoxy) is 3. The highest BCUT2D eigenvalue weighted by Gasteiger charge is 2.53. The molecule has 2 fully saturated rings. The minimum absolute atomic E-state index is 0.174. The molecule has 0 spiro atoms. The standard InChI is InChI=1S/C13H21NO5/c1-5-8-10(16)12-11(18-13(3,4)19-12)9(14-8)6-17-7(2)15/h5,8-12,14,16H,1,6H2,2-4H3/t8-,9+,10+,11+,12+/m0/s1. The quantitative estimate of drug-likeness (QED) is 0.554. The van der Waals surface area contributed by atoms with Gasteiger partial charge in [-0.25, -0.2) is 0 Å². The van der Waals surface area contributed by atoms with Crippen LogP contribution in [0.5, 0.6) is 0 Å². The predicted molar refractivity (Wildman–Crippen MR) is 67.4 cm³/mol. The van der Waals surface area contributed by atoms with Gasteiger partial charge >= 0.3 is 5.97 Å². The molecule has 5 atom stereocenters. The molecule has 0 aromatic rings. The maximum Gasteiger partial charge on any atom is 0.302 e. The number of piperidine rings is 1. The van der Waals surface area contributed by atoms with Gasteiger partial charge in [-0.3, -0.25) is 10.1 Å². The number of aliphatic hydroxyl groups excluding tert-OH is 1. The Balaban J connectivity index is 2.14. The molecule has 2 N–H and O–H groups in total. The van der Waals surface area contributed by atoms with Crippen molar-refractivity contribution in [2.24, 2.45) is 0 Å². The average molecular weight is 271 g/mol. The molecule has 2 rings (SSSR count). The van der Waals surface area contributed by atoms with E-state index in [1.165, 1.54) is 6.92 Å². The fourth-order valence-electron chi connectivity index (χ4n) is 2.60. The van der Waals surface area contributed by atoms with E-state index in [-0.39, 0.29) is 30.8 Å². The molecular weight excluding hydrogens is 250 g/mol. The highest BCUT2D eigenvalue weighted by molar-refractivity contribution is 5.65. The lowest BCUT2D eigenvalue weighted by atomic mass is 9.90. The molecule has 0 amide bonds. The Hall–Kier alpha value is -0.950. The first kappa shape index (κ1) is 14.5. The summed E-state index contributed by atoms with van der Waals surface area (Å²) < 4.78 is 16.6. The van der Waals surface area contributed by atoms with Gasteiger partial charge in [0.05, 0.1) is 12.1 Å². The predicted octanol–water partition coefficient (Wildman–Crippen LogP) is -0.0431. The van der Waals surface area contributed by atoms with Crippen molar-refractivity contribution >= 4 is 5.97 Å². The Morgan fingerprint density at radius 3 is 2.68 bits per heavy atom. The van der Waals surface area contributed by atoms with Gasteiger partial charge in [0.1, 0.15) is 24.9 Å². The van der Waals surface area contributed by atoms with Crippen molar-refractivity contribution in [1.82, 2.24) is 5.32 Å². The van der Waals surface area contributed by atoms with Crippen molar-refractivity contribution in [3.8, 4) is 0 Å². The third-order valence-electron chi connectivity index (χ3n) is 3.39. The molecule has 0 bridgehead atoms. The lowest BCUT2D eigenvalue weighted by Gasteiger charge is -2.39. The van der Waals surface area contributed by atoms with Gasteiger partial charge in [-0.15, -0.1) is 6.58 Å². The van der Waals surface area contributed by atoms with E-state index in [1.54, 1.807) is 19.9 Å². The summed E-state index contributed by atoms with van der Waals surface area (Å²) in [7, 11) is 0. The van der Waals surface area contributed by atoms with Crippen LogP contribution in [-0.4, -0.2) is 53.9 Å². The first-order chi connectivity index (χ1) is 8.84. The highest BCUT2D eigenvalue weighted by atomic mass is 16.8. The Kier molecular flexibility index (Phi) is 3.96. The fourth-order valence-corrected chi connectivity index (χ4v) is 2.60. The number of rotatable bonds is 3. The van der Waals surface area contributed by atoms with Crippen LogP contribution in [-0.2, 0) is 19.0 Å². The minimum atomic E-state index is -0.761. The summed E-state index contributed by atoms with van der Waals surface area (Å²) in [4.78, 5) is 10.9. The maximum atomic E-state index is 10.9. The zero-order chi connectivity index (χ0) is 14.2. The van der Waals surface area contributed by atoms with Crippen LogP contribution >= 0.6 is 0 Å². The van der Waals surface area contributed by atoms with Gasteiger partial charge in [0.15, 0.2) is 5.79 Å². The van der Waals surface area contributed by atoms with Crippen molar-refractivity contribution in [1.29, 1.82) is 0 Å². The summed E-state index contributed by atoms with van der Waals surface area (Å²) in [6.07, 6.45) is 0.0642. The van der Waals surface area contributed by atoms with Gasteiger partial charge in [-0.1, -0.05) is 6.08 Å². The van der Waals surface area contributed by atoms with Crippen molar-refractivity contribution in [2.45, 2.75) is 57.0 Å². The summed E-state index contributed by atoms with van der Waals surface area (Å²) in [6.45, 7) is 8.81. The largest absolute Gasteiger partial charge is 0.464 e. The van der Waals surface area contributed by atoms with Gasteiger partial charge in [0.2, 0.25) is 0 Å². The van der Waals surface area contributed by atoms with E-state index < -0.39 is 18.0 Å². The number of fused-ring (bicyclic) bond motifs is 1. The highest BCUT2D eigenvalue weighted by Crippen LogP contribution is 2.35. The molecule has 2 aliphatic heterocycles. The van der Waals surface area contributed by atoms with E-state index in [9.17, 15) is 9.90 Å². The van der Waals surface area contributed by atoms with Gasteiger partial charge in [0, 0.05) is 6.92 Å². The lowest BCUT2D eigenvalue weighted by molar-refractivity contribution is -0.154. The second-order valence-corrected chi connectivity index (χ2v) is 5.39. The molecule has 0 unspecified atom stereocenters. The molecule has 0 aliphatic carbocycles. The van der Waals surface area contributed by atoms with E-state index in [1.807, 2.05) is 0 Å². The Morgan fingerprint density at radius 2 is 2.11 bits per heavy atom. The average Bonchev–Trinajstić information content (AvgIpc) is 2.64. The molecule has 0 aromatic heterocycles. The summed E-state index contributed by atoms with van der Waals surface area (Å²) in [5.41, 5.74) is 0. The normalized spacial score (nSPS) is 40.5. The zero-order valence-electron chi connectivity index (χ0n) is 11.5. The van der Waals surface area contributed by atoms with Crippen LogP contribution in [0.25, 0.3) is 0 Å². The van der Waals surface area contributed by atoms with E-state index in [0.29, 0.717) is 0 Å². The molecule has 2 saturated heterocycles.